The molecule has 0 aliphatic heterocycles. The highest BCUT2D eigenvalue weighted by molar-refractivity contribution is 7.98. The highest BCUT2D eigenvalue weighted by Gasteiger charge is 2.04. The van der Waals surface area contributed by atoms with Gasteiger partial charge in [0.05, 0.1) is 10.7 Å². The van der Waals surface area contributed by atoms with Crippen LogP contribution in [0.5, 0.6) is 0 Å². The van der Waals surface area contributed by atoms with E-state index in [1.807, 2.05) is 0 Å². The number of anilines is 1. The number of hydrogen-bond donors (Lipinski definition) is 1. The molecule has 88 valence electrons. The summed E-state index contributed by atoms with van der Waals surface area (Å²) in [5, 5.41) is 0.907. The van der Waals surface area contributed by atoms with Crippen LogP contribution in [-0.2, 0) is 5.75 Å². The minimum absolute atomic E-state index is 0.136. The van der Waals surface area contributed by atoms with E-state index in [-0.39, 0.29) is 5.02 Å². The summed E-state index contributed by atoms with van der Waals surface area (Å²) in [6, 6.07) is 8.26. The van der Waals surface area contributed by atoms with E-state index in [1.165, 1.54) is 17.8 Å². The normalized spacial score (nSPS) is 10.5. The Kier molecular flexibility index (Phi) is 3.86. The summed E-state index contributed by atoms with van der Waals surface area (Å²) in [6.45, 7) is 0. The number of nitrogens with zero attached hydrogens (tertiary/aromatic N) is 1. The summed E-state index contributed by atoms with van der Waals surface area (Å²) in [6.07, 6.45) is 1.69. The van der Waals surface area contributed by atoms with Gasteiger partial charge in [-0.25, -0.2) is 9.37 Å². The summed E-state index contributed by atoms with van der Waals surface area (Å²) in [5.74, 6) is 0.249. The molecule has 0 spiro atoms. The Labute approximate surface area is 108 Å². The Hall–Kier alpha value is -1.26. The number of thioether (sulfide) groups is 1. The summed E-state index contributed by atoms with van der Waals surface area (Å²) in [5.41, 5.74) is 7.35. The van der Waals surface area contributed by atoms with E-state index in [1.54, 1.807) is 30.5 Å². The molecule has 0 aliphatic carbocycles. The van der Waals surface area contributed by atoms with Crippen LogP contribution in [0.1, 0.15) is 5.56 Å². The number of nitrogen functional groups attached to an aromatic ring is 1. The van der Waals surface area contributed by atoms with Gasteiger partial charge in [-0.2, -0.15) is 0 Å². The van der Waals surface area contributed by atoms with Crippen molar-refractivity contribution in [3.8, 4) is 0 Å². The van der Waals surface area contributed by atoms with Crippen molar-refractivity contribution in [1.82, 2.24) is 4.98 Å². The largest absolute Gasteiger partial charge is 0.397 e. The van der Waals surface area contributed by atoms with Crippen molar-refractivity contribution in [1.29, 1.82) is 0 Å². The average molecular weight is 269 g/mol. The molecular weight excluding hydrogens is 259 g/mol. The van der Waals surface area contributed by atoms with Crippen molar-refractivity contribution in [2.24, 2.45) is 0 Å². The molecule has 0 unspecified atom stereocenters. The average Bonchev–Trinajstić information content (AvgIpc) is 2.32. The monoisotopic (exact) mass is 268 g/mol. The van der Waals surface area contributed by atoms with Crippen molar-refractivity contribution in [2.75, 3.05) is 5.73 Å². The highest BCUT2D eigenvalue weighted by Crippen LogP contribution is 2.27. The summed E-state index contributed by atoms with van der Waals surface area (Å²) >= 11 is 7.20. The van der Waals surface area contributed by atoms with Gasteiger partial charge in [0.25, 0.3) is 0 Å². The lowest BCUT2D eigenvalue weighted by molar-refractivity contribution is 0.628. The quantitative estimate of drug-likeness (QED) is 0.862. The number of pyridine rings is 1. The molecule has 1 aromatic heterocycles. The van der Waals surface area contributed by atoms with Gasteiger partial charge >= 0.3 is 0 Å². The third-order valence-electron chi connectivity index (χ3n) is 2.16. The fourth-order valence-corrected chi connectivity index (χ4v) is 2.36. The molecule has 2 nitrogen and oxygen atoms in total. The smallest absolute Gasteiger partial charge is 0.141 e. The van der Waals surface area contributed by atoms with Crippen LogP contribution >= 0.6 is 23.4 Å². The molecule has 0 fully saturated rings. The Morgan fingerprint density at radius 1 is 1.35 bits per heavy atom. The van der Waals surface area contributed by atoms with Crippen molar-refractivity contribution in [3.05, 3.63) is 52.9 Å². The molecule has 5 heteroatoms. The molecule has 2 N–H and O–H groups in total. The third kappa shape index (κ3) is 3.11. The molecule has 0 saturated carbocycles. The molecule has 1 aromatic carbocycles. The van der Waals surface area contributed by atoms with E-state index in [4.69, 9.17) is 17.3 Å². The molecule has 0 amide bonds. The van der Waals surface area contributed by atoms with Crippen molar-refractivity contribution < 1.29 is 4.39 Å². The van der Waals surface area contributed by atoms with Gasteiger partial charge in [-0.1, -0.05) is 29.4 Å². The van der Waals surface area contributed by atoms with Gasteiger partial charge in [0.2, 0.25) is 0 Å². The maximum absolute atomic E-state index is 13.0. The zero-order valence-corrected chi connectivity index (χ0v) is 10.4. The number of rotatable bonds is 3. The second kappa shape index (κ2) is 5.38. The number of benzene rings is 1. The predicted molar refractivity (Wildman–Crippen MR) is 69.6 cm³/mol. The van der Waals surface area contributed by atoms with E-state index in [0.717, 1.165) is 10.6 Å². The Bertz CT molecular complexity index is 534. The zero-order chi connectivity index (χ0) is 12.3. The van der Waals surface area contributed by atoms with Crippen LogP contribution in [0.3, 0.4) is 0 Å². The molecule has 1 heterocycles. The topological polar surface area (TPSA) is 38.9 Å². The maximum Gasteiger partial charge on any atom is 0.141 e. The summed E-state index contributed by atoms with van der Waals surface area (Å²) < 4.78 is 13.0. The first-order chi connectivity index (χ1) is 8.16. The molecule has 0 bridgehead atoms. The second-order valence-electron chi connectivity index (χ2n) is 3.43. The van der Waals surface area contributed by atoms with Gasteiger partial charge in [-0.3, -0.25) is 0 Å². The van der Waals surface area contributed by atoms with Crippen LogP contribution in [0.4, 0.5) is 10.1 Å². The first-order valence-electron chi connectivity index (χ1n) is 4.94. The van der Waals surface area contributed by atoms with Gasteiger partial charge in [0.1, 0.15) is 10.8 Å². The third-order valence-corrected chi connectivity index (χ3v) is 3.54. The van der Waals surface area contributed by atoms with Crippen LogP contribution in [0.25, 0.3) is 0 Å². The molecule has 0 atom stereocenters. The minimum atomic E-state index is -0.405. The molecule has 17 heavy (non-hydrogen) atoms. The van der Waals surface area contributed by atoms with Crippen LogP contribution in [0, 0.1) is 5.82 Å². The first-order valence-corrected chi connectivity index (χ1v) is 6.30. The molecule has 0 aliphatic rings. The fraction of sp³-hybridized carbons (Fsp3) is 0.0833. The molecular formula is C12H10ClFN2S. The van der Waals surface area contributed by atoms with Crippen LogP contribution < -0.4 is 5.73 Å². The molecule has 0 radical (unpaired) electrons. The van der Waals surface area contributed by atoms with E-state index in [0.29, 0.717) is 11.4 Å². The van der Waals surface area contributed by atoms with Crippen LogP contribution in [0.15, 0.2) is 41.6 Å². The highest BCUT2D eigenvalue weighted by atomic mass is 35.5. The SMILES string of the molecule is Nc1cccnc1SCc1ccc(F)c(Cl)c1. The summed E-state index contributed by atoms with van der Waals surface area (Å²) in [4.78, 5) is 4.16. The van der Waals surface area contributed by atoms with Crippen LogP contribution in [0.2, 0.25) is 5.02 Å². The summed E-state index contributed by atoms with van der Waals surface area (Å²) in [7, 11) is 0. The van der Waals surface area contributed by atoms with E-state index >= 15 is 0 Å². The molecule has 2 rings (SSSR count). The lowest BCUT2D eigenvalue weighted by atomic mass is 10.2. The number of halogens is 2. The number of aromatic nitrogens is 1. The van der Waals surface area contributed by atoms with E-state index in [9.17, 15) is 4.39 Å². The van der Waals surface area contributed by atoms with Crippen molar-refractivity contribution in [3.63, 3.8) is 0 Å². The van der Waals surface area contributed by atoms with Gasteiger partial charge < -0.3 is 5.73 Å². The standard InChI is InChI=1S/C12H10ClFN2S/c13-9-6-8(3-4-10(9)14)7-17-12-11(15)2-1-5-16-12/h1-6H,7,15H2. The fourth-order valence-electron chi connectivity index (χ4n) is 1.30. The van der Waals surface area contributed by atoms with E-state index in [2.05, 4.69) is 4.98 Å². The van der Waals surface area contributed by atoms with E-state index < -0.39 is 5.82 Å². The Balaban J connectivity index is 2.08. The lowest BCUT2D eigenvalue weighted by Crippen LogP contribution is -1.91. The molecule has 0 saturated heterocycles. The van der Waals surface area contributed by atoms with Crippen molar-refractivity contribution >= 4 is 29.1 Å². The van der Waals surface area contributed by atoms with Crippen LogP contribution in [-0.4, -0.2) is 4.98 Å². The van der Waals surface area contributed by atoms with Crippen molar-refractivity contribution in [2.45, 2.75) is 10.8 Å². The van der Waals surface area contributed by atoms with Gasteiger partial charge in [0.15, 0.2) is 0 Å². The Morgan fingerprint density at radius 3 is 2.88 bits per heavy atom. The zero-order valence-electron chi connectivity index (χ0n) is 8.86. The maximum atomic E-state index is 13.0. The second-order valence-corrected chi connectivity index (χ2v) is 4.81. The Morgan fingerprint density at radius 2 is 2.18 bits per heavy atom. The number of nitrogens with two attached hydrogens (primary N) is 1. The van der Waals surface area contributed by atoms with Gasteiger partial charge in [-0.15, -0.1) is 0 Å². The number of hydrogen-bond acceptors (Lipinski definition) is 3. The molecule has 2 aromatic rings. The first kappa shape index (κ1) is 12.2. The van der Waals surface area contributed by atoms with Gasteiger partial charge in [-0.05, 0) is 29.8 Å². The predicted octanol–water partition coefficient (Wildman–Crippen LogP) is 3.75. The lowest BCUT2D eigenvalue weighted by Gasteiger charge is -2.04. The van der Waals surface area contributed by atoms with Gasteiger partial charge in [0, 0.05) is 11.9 Å². The minimum Gasteiger partial charge on any atom is -0.397 e.